The van der Waals surface area contributed by atoms with Gasteiger partial charge in [-0.1, -0.05) is 167 Å². The molecule has 0 heterocycles. The van der Waals surface area contributed by atoms with Crippen LogP contribution in [0.4, 0.5) is 0 Å². The van der Waals surface area contributed by atoms with Gasteiger partial charge in [0, 0.05) is 13.0 Å². The second-order valence-corrected chi connectivity index (χ2v) is 15.9. The van der Waals surface area contributed by atoms with Crippen molar-refractivity contribution in [2.75, 3.05) is 26.4 Å². The molecule has 312 valence electrons. The van der Waals surface area contributed by atoms with Gasteiger partial charge in [-0.3, -0.25) is 18.6 Å². The molecular weight excluding hydrogens is 693 g/mol. The average molecular weight is 774 g/mol. The van der Waals surface area contributed by atoms with E-state index in [4.69, 9.17) is 29.4 Å². The molecule has 0 aliphatic carbocycles. The van der Waals surface area contributed by atoms with E-state index >= 15 is 0 Å². The summed E-state index contributed by atoms with van der Waals surface area (Å²) >= 11 is 0. The van der Waals surface area contributed by atoms with E-state index in [1.807, 2.05) is 0 Å². The van der Waals surface area contributed by atoms with Crippen LogP contribution in [0.3, 0.4) is 0 Å². The number of unbranched alkanes of at least 4 members (excludes halogenated alkanes) is 23. The van der Waals surface area contributed by atoms with Crippen LogP contribution in [0.25, 0.3) is 0 Å². The van der Waals surface area contributed by atoms with Gasteiger partial charge in [-0.15, -0.1) is 0 Å². The van der Waals surface area contributed by atoms with Crippen LogP contribution < -0.4 is 5.73 Å². The zero-order valence-corrected chi connectivity index (χ0v) is 34.8. The van der Waals surface area contributed by atoms with Crippen molar-refractivity contribution >= 4 is 19.8 Å². The smallest absolute Gasteiger partial charge is 0.472 e. The minimum atomic E-state index is -4.61. The van der Waals surface area contributed by atoms with Crippen LogP contribution in [0.15, 0.2) is 24.3 Å². The highest BCUT2D eigenvalue weighted by atomic mass is 31.2. The quantitative estimate of drug-likeness (QED) is 0.0237. The van der Waals surface area contributed by atoms with Gasteiger partial charge in [-0.05, 0) is 44.9 Å². The summed E-state index contributed by atoms with van der Waals surface area (Å²) in [5, 5.41) is 8.88. The molecule has 3 unspecified atom stereocenters. The van der Waals surface area contributed by atoms with Gasteiger partial charge in [0.05, 0.1) is 19.8 Å². The van der Waals surface area contributed by atoms with Gasteiger partial charge < -0.3 is 25.2 Å². The van der Waals surface area contributed by atoms with Gasteiger partial charge in [-0.25, -0.2) is 4.57 Å². The first-order chi connectivity index (χ1) is 25.7. The number of ether oxygens (including phenoxy) is 2. The Balaban J connectivity index is 4.21. The molecule has 0 aliphatic rings. The third-order valence-electron chi connectivity index (χ3n) is 9.23. The Morgan fingerprint density at radius 1 is 0.604 bits per heavy atom. The molecule has 0 fully saturated rings. The first-order valence-corrected chi connectivity index (χ1v) is 22.9. The monoisotopic (exact) mass is 774 g/mol. The fraction of sp³-hybridized carbons (Fsp3) is 0.857. The Kier molecular flexibility index (Phi) is 37.6. The number of allylic oxidation sites excluding steroid dienone is 4. The number of carbonyl (C=O) groups is 2. The summed E-state index contributed by atoms with van der Waals surface area (Å²) in [5.74, 6) is -1.78. The van der Waals surface area contributed by atoms with Crippen LogP contribution in [0.2, 0.25) is 0 Å². The van der Waals surface area contributed by atoms with Crippen LogP contribution in [0.1, 0.15) is 194 Å². The first kappa shape index (κ1) is 51.5. The zero-order chi connectivity index (χ0) is 39.1. The highest BCUT2D eigenvalue weighted by molar-refractivity contribution is 7.47. The molecule has 3 atom stereocenters. The molecule has 0 saturated heterocycles. The summed E-state index contributed by atoms with van der Waals surface area (Å²) in [6, 6.07) is -1.47. The largest absolute Gasteiger partial charge is 0.480 e. The Morgan fingerprint density at radius 3 is 1.57 bits per heavy atom. The van der Waals surface area contributed by atoms with Gasteiger partial charge in [0.15, 0.2) is 0 Å². The number of carbonyl (C=O) groups excluding carboxylic acids is 1. The van der Waals surface area contributed by atoms with Gasteiger partial charge in [0.25, 0.3) is 0 Å². The van der Waals surface area contributed by atoms with Crippen LogP contribution in [-0.4, -0.2) is 60.5 Å². The molecule has 0 aromatic carbocycles. The lowest BCUT2D eigenvalue weighted by atomic mass is 10.1. The molecule has 0 amide bonds. The van der Waals surface area contributed by atoms with Gasteiger partial charge in [-0.2, -0.15) is 0 Å². The molecule has 0 aromatic heterocycles. The molecule has 0 bridgehead atoms. The number of hydrogen-bond donors (Lipinski definition) is 3. The number of carboxylic acid groups (broad SMARTS) is 1. The molecule has 0 aliphatic heterocycles. The molecule has 0 aromatic rings. The van der Waals surface area contributed by atoms with Crippen molar-refractivity contribution in [1.82, 2.24) is 0 Å². The number of rotatable bonds is 41. The predicted molar refractivity (Wildman–Crippen MR) is 217 cm³/mol. The van der Waals surface area contributed by atoms with Crippen molar-refractivity contribution < 1.29 is 42.7 Å². The number of nitrogens with two attached hydrogens (primary N) is 1. The number of esters is 1. The number of phosphoric ester groups is 1. The van der Waals surface area contributed by atoms with Crippen LogP contribution in [-0.2, 0) is 32.7 Å². The fourth-order valence-corrected chi connectivity index (χ4v) is 6.65. The topological polar surface area (TPSA) is 155 Å². The van der Waals surface area contributed by atoms with Crippen molar-refractivity contribution in [3.05, 3.63) is 24.3 Å². The van der Waals surface area contributed by atoms with Crippen molar-refractivity contribution in [3.63, 3.8) is 0 Å². The zero-order valence-electron chi connectivity index (χ0n) is 33.9. The molecule has 0 spiro atoms. The number of aliphatic carboxylic acids is 1. The normalized spacial score (nSPS) is 14.2. The summed E-state index contributed by atoms with van der Waals surface area (Å²) in [4.78, 5) is 33.5. The summed E-state index contributed by atoms with van der Waals surface area (Å²) in [7, 11) is -4.61. The summed E-state index contributed by atoms with van der Waals surface area (Å²) < 4.78 is 33.3. The minimum Gasteiger partial charge on any atom is -0.480 e. The molecule has 0 rings (SSSR count). The van der Waals surface area contributed by atoms with E-state index in [2.05, 4.69) is 38.2 Å². The SMILES string of the molecule is CCCCC/C=C\C/C=C\CCCCCCCCCCCC(=O)OC(COCCCCCCCCCCCCCC)COP(=O)(O)OCC(N)C(=O)O. The van der Waals surface area contributed by atoms with Crippen LogP contribution in [0, 0.1) is 0 Å². The maximum Gasteiger partial charge on any atom is 0.472 e. The van der Waals surface area contributed by atoms with Crippen molar-refractivity contribution in [1.29, 1.82) is 0 Å². The van der Waals surface area contributed by atoms with Crippen molar-refractivity contribution in [2.24, 2.45) is 5.73 Å². The highest BCUT2D eigenvalue weighted by Gasteiger charge is 2.27. The van der Waals surface area contributed by atoms with E-state index in [9.17, 15) is 19.0 Å². The molecule has 53 heavy (non-hydrogen) atoms. The molecule has 4 N–H and O–H groups in total. The van der Waals surface area contributed by atoms with Gasteiger partial charge >= 0.3 is 19.8 Å². The third kappa shape index (κ3) is 38.5. The van der Waals surface area contributed by atoms with Gasteiger partial charge in [0.2, 0.25) is 0 Å². The number of hydrogen-bond acceptors (Lipinski definition) is 8. The number of phosphoric acid groups is 1. The number of carboxylic acids is 1. The van der Waals surface area contributed by atoms with Crippen LogP contribution >= 0.6 is 7.82 Å². The van der Waals surface area contributed by atoms with E-state index in [0.717, 1.165) is 51.4 Å². The molecule has 10 nitrogen and oxygen atoms in total. The lowest BCUT2D eigenvalue weighted by molar-refractivity contribution is -0.154. The second kappa shape index (κ2) is 38.7. The van der Waals surface area contributed by atoms with Crippen molar-refractivity contribution in [3.8, 4) is 0 Å². The van der Waals surface area contributed by atoms with E-state index < -0.39 is 45.1 Å². The van der Waals surface area contributed by atoms with E-state index in [-0.39, 0.29) is 13.0 Å². The highest BCUT2D eigenvalue weighted by Crippen LogP contribution is 2.43. The predicted octanol–water partition coefficient (Wildman–Crippen LogP) is 11.5. The molecular formula is C42H80NO9P. The standard InChI is InChI=1S/C42H80NO9P/c1-3-5-7-9-11-13-15-17-18-19-20-21-22-23-24-26-28-30-32-34-41(44)52-39(37-50-53(47,48)51-38-40(43)42(45)46)36-49-35-33-31-29-27-25-16-14-12-10-8-6-4-2/h11,13,17-18,39-40H,3-10,12,14-16,19-38,43H2,1-2H3,(H,45,46)(H,47,48)/b13-11-,18-17-. The Labute approximate surface area is 324 Å². The summed E-state index contributed by atoms with van der Waals surface area (Å²) in [6.07, 6.45) is 40.8. The lowest BCUT2D eigenvalue weighted by Gasteiger charge is -2.20. The van der Waals surface area contributed by atoms with E-state index in [0.29, 0.717) is 13.0 Å². The first-order valence-electron chi connectivity index (χ1n) is 21.4. The summed E-state index contributed by atoms with van der Waals surface area (Å²) in [5.41, 5.74) is 5.35. The van der Waals surface area contributed by atoms with Crippen LogP contribution in [0.5, 0.6) is 0 Å². The lowest BCUT2D eigenvalue weighted by Crippen LogP contribution is -2.34. The van der Waals surface area contributed by atoms with E-state index in [1.165, 1.54) is 116 Å². The minimum absolute atomic E-state index is 0.0191. The van der Waals surface area contributed by atoms with Gasteiger partial charge in [0.1, 0.15) is 12.1 Å². The fourth-order valence-electron chi connectivity index (χ4n) is 5.87. The molecule has 11 heteroatoms. The van der Waals surface area contributed by atoms with Crippen molar-refractivity contribution in [2.45, 2.75) is 206 Å². The molecule has 0 radical (unpaired) electrons. The Hall–Kier alpha value is -1.55. The van der Waals surface area contributed by atoms with E-state index in [1.54, 1.807) is 0 Å². The maximum atomic E-state index is 12.6. The molecule has 0 saturated carbocycles. The Bertz CT molecular complexity index is 946. The average Bonchev–Trinajstić information content (AvgIpc) is 3.13. The maximum absolute atomic E-state index is 12.6. The summed E-state index contributed by atoms with van der Waals surface area (Å²) in [6.45, 7) is 3.86. The Morgan fingerprint density at radius 2 is 1.04 bits per heavy atom. The second-order valence-electron chi connectivity index (χ2n) is 14.5. The third-order valence-corrected chi connectivity index (χ3v) is 10.2.